The lowest BCUT2D eigenvalue weighted by Crippen LogP contribution is -2.52. The highest BCUT2D eigenvalue weighted by Gasteiger charge is 2.33. The zero-order valence-electron chi connectivity index (χ0n) is 14.7. The molecule has 24 heavy (non-hydrogen) atoms. The molecule has 2 unspecified atom stereocenters. The molecule has 0 N–H and O–H groups in total. The Balaban J connectivity index is 1.53. The summed E-state index contributed by atoms with van der Waals surface area (Å²) in [5.74, 6) is 1.25. The summed E-state index contributed by atoms with van der Waals surface area (Å²) in [4.78, 5) is 17.2. The fourth-order valence-corrected chi connectivity index (χ4v) is 3.68. The highest BCUT2D eigenvalue weighted by atomic mass is 16.5. The van der Waals surface area contributed by atoms with Crippen LogP contribution in [0, 0.1) is 5.92 Å². The maximum absolute atomic E-state index is 12.7. The van der Waals surface area contributed by atoms with Crippen LogP contribution in [-0.2, 0) is 16.1 Å². The number of carbonyl (C=O) groups excluding carboxylic acids is 1. The Morgan fingerprint density at radius 3 is 2.71 bits per heavy atom. The molecule has 0 radical (unpaired) electrons. The van der Waals surface area contributed by atoms with E-state index in [1.807, 2.05) is 30.0 Å². The van der Waals surface area contributed by atoms with Crippen LogP contribution in [0.4, 0.5) is 0 Å². The van der Waals surface area contributed by atoms with Crippen LogP contribution < -0.4 is 4.74 Å². The Bertz CT molecular complexity index is 555. The lowest BCUT2D eigenvalue weighted by molar-refractivity contribution is -0.145. The van der Waals surface area contributed by atoms with E-state index >= 15 is 0 Å². The van der Waals surface area contributed by atoms with E-state index in [-0.39, 0.29) is 17.9 Å². The Hall–Kier alpha value is -1.59. The number of piperazine rings is 1. The van der Waals surface area contributed by atoms with Crippen LogP contribution in [0.1, 0.15) is 25.3 Å². The van der Waals surface area contributed by atoms with Crippen molar-refractivity contribution in [2.45, 2.75) is 32.4 Å². The van der Waals surface area contributed by atoms with Crippen LogP contribution in [0.3, 0.4) is 0 Å². The van der Waals surface area contributed by atoms with Gasteiger partial charge in [-0.1, -0.05) is 18.2 Å². The minimum atomic E-state index is 0.0412. The third-order valence-electron chi connectivity index (χ3n) is 5.19. The van der Waals surface area contributed by atoms with Crippen molar-refractivity contribution >= 4 is 5.91 Å². The van der Waals surface area contributed by atoms with Gasteiger partial charge >= 0.3 is 0 Å². The number of hydrogen-bond acceptors (Lipinski definition) is 4. The molecule has 1 amide bonds. The third kappa shape index (κ3) is 3.90. The minimum absolute atomic E-state index is 0.0412. The first-order valence-corrected chi connectivity index (χ1v) is 8.93. The smallest absolute Gasteiger partial charge is 0.228 e. The number of para-hydroxylation sites is 1. The molecule has 0 aliphatic carbocycles. The molecule has 1 aromatic carbocycles. The van der Waals surface area contributed by atoms with Crippen molar-refractivity contribution in [3.8, 4) is 5.75 Å². The van der Waals surface area contributed by atoms with E-state index in [0.29, 0.717) is 0 Å². The Morgan fingerprint density at radius 2 is 2.00 bits per heavy atom. The monoisotopic (exact) mass is 332 g/mol. The van der Waals surface area contributed by atoms with E-state index in [1.165, 1.54) is 5.56 Å². The van der Waals surface area contributed by atoms with Gasteiger partial charge in [0.15, 0.2) is 0 Å². The Morgan fingerprint density at radius 1 is 1.25 bits per heavy atom. The third-order valence-corrected chi connectivity index (χ3v) is 5.19. The largest absolute Gasteiger partial charge is 0.496 e. The number of ether oxygens (including phenoxy) is 2. The van der Waals surface area contributed by atoms with Crippen LogP contribution in [0.15, 0.2) is 24.3 Å². The average Bonchev–Trinajstić information content (AvgIpc) is 2.63. The van der Waals surface area contributed by atoms with E-state index < -0.39 is 0 Å². The van der Waals surface area contributed by atoms with Gasteiger partial charge in [0.25, 0.3) is 0 Å². The molecule has 1 aromatic rings. The Labute approximate surface area is 144 Å². The maximum Gasteiger partial charge on any atom is 0.228 e. The molecule has 2 heterocycles. The molecule has 3 rings (SSSR count). The van der Waals surface area contributed by atoms with Crippen LogP contribution >= 0.6 is 0 Å². The summed E-state index contributed by atoms with van der Waals surface area (Å²) in [6.07, 6.45) is 2.01. The van der Waals surface area contributed by atoms with Crippen molar-refractivity contribution in [3.63, 3.8) is 0 Å². The molecule has 2 atom stereocenters. The molecular formula is C19H28N2O3. The minimum Gasteiger partial charge on any atom is -0.496 e. The molecule has 2 aliphatic heterocycles. The van der Waals surface area contributed by atoms with E-state index in [1.54, 1.807) is 7.11 Å². The summed E-state index contributed by atoms with van der Waals surface area (Å²) in [7, 11) is 1.71. The second kappa shape index (κ2) is 7.99. The lowest BCUT2D eigenvalue weighted by Gasteiger charge is -2.38. The van der Waals surface area contributed by atoms with Gasteiger partial charge in [-0.3, -0.25) is 9.69 Å². The van der Waals surface area contributed by atoms with Crippen LogP contribution in [0.25, 0.3) is 0 Å². The van der Waals surface area contributed by atoms with Crippen molar-refractivity contribution in [2.24, 2.45) is 5.92 Å². The van der Waals surface area contributed by atoms with Crippen LogP contribution in [0.2, 0.25) is 0 Å². The molecule has 5 nitrogen and oxygen atoms in total. The molecule has 132 valence electrons. The average molecular weight is 332 g/mol. The summed E-state index contributed by atoms with van der Waals surface area (Å²) in [6.45, 7) is 7.11. The van der Waals surface area contributed by atoms with Gasteiger partial charge in [0.2, 0.25) is 5.91 Å². The van der Waals surface area contributed by atoms with Crippen LogP contribution in [0.5, 0.6) is 5.75 Å². The summed E-state index contributed by atoms with van der Waals surface area (Å²) in [5.41, 5.74) is 1.20. The molecule has 2 saturated heterocycles. The molecular weight excluding hydrogens is 304 g/mol. The molecule has 2 aliphatic rings. The molecule has 2 fully saturated rings. The zero-order chi connectivity index (χ0) is 16.9. The summed E-state index contributed by atoms with van der Waals surface area (Å²) >= 11 is 0. The summed E-state index contributed by atoms with van der Waals surface area (Å²) in [5, 5.41) is 0. The first-order valence-electron chi connectivity index (χ1n) is 8.93. The van der Waals surface area contributed by atoms with Crippen molar-refractivity contribution in [3.05, 3.63) is 29.8 Å². The van der Waals surface area contributed by atoms with Crippen LogP contribution in [-0.4, -0.2) is 61.7 Å². The number of benzene rings is 1. The number of amides is 1. The number of carbonyl (C=O) groups is 1. The zero-order valence-corrected chi connectivity index (χ0v) is 14.7. The number of rotatable bonds is 4. The normalized spacial score (nSPS) is 25.5. The SMILES string of the molecule is COc1ccccc1CN1CCN(C(=O)C2CCCOC2C)CC1. The first kappa shape index (κ1) is 17.2. The van der Waals surface area contributed by atoms with Crippen molar-refractivity contribution < 1.29 is 14.3 Å². The van der Waals surface area contributed by atoms with Crippen molar-refractivity contribution in [1.29, 1.82) is 0 Å². The summed E-state index contributed by atoms with van der Waals surface area (Å²) in [6, 6.07) is 8.14. The van der Waals surface area contributed by atoms with E-state index in [9.17, 15) is 4.79 Å². The van der Waals surface area contributed by atoms with Gasteiger partial charge in [-0.2, -0.15) is 0 Å². The molecule has 0 saturated carbocycles. The van der Waals surface area contributed by atoms with Gasteiger partial charge in [-0.05, 0) is 25.8 Å². The fourth-order valence-electron chi connectivity index (χ4n) is 3.68. The predicted molar refractivity (Wildman–Crippen MR) is 93.0 cm³/mol. The number of nitrogens with zero attached hydrogens (tertiary/aromatic N) is 2. The van der Waals surface area contributed by atoms with Gasteiger partial charge in [-0.25, -0.2) is 0 Å². The van der Waals surface area contributed by atoms with E-state index in [4.69, 9.17) is 9.47 Å². The van der Waals surface area contributed by atoms with Gasteiger partial charge in [0, 0.05) is 44.9 Å². The van der Waals surface area contributed by atoms with Crippen molar-refractivity contribution in [2.75, 3.05) is 39.9 Å². The van der Waals surface area contributed by atoms with E-state index in [2.05, 4.69) is 11.0 Å². The topological polar surface area (TPSA) is 42.0 Å². The number of hydrogen-bond donors (Lipinski definition) is 0. The second-order valence-corrected chi connectivity index (χ2v) is 6.74. The predicted octanol–water partition coefficient (Wildman–Crippen LogP) is 2.15. The van der Waals surface area contributed by atoms with E-state index in [0.717, 1.165) is 57.9 Å². The van der Waals surface area contributed by atoms with Gasteiger partial charge < -0.3 is 14.4 Å². The quantitative estimate of drug-likeness (QED) is 0.847. The maximum atomic E-state index is 12.7. The van der Waals surface area contributed by atoms with Crippen molar-refractivity contribution in [1.82, 2.24) is 9.80 Å². The molecule has 5 heteroatoms. The van der Waals surface area contributed by atoms with Gasteiger partial charge in [0.05, 0.1) is 19.1 Å². The highest BCUT2D eigenvalue weighted by molar-refractivity contribution is 5.79. The molecule has 0 aromatic heterocycles. The number of methoxy groups -OCH3 is 1. The summed E-state index contributed by atoms with van der Waals surface area (Å²) < 4.78 is 11.1. The lowest BCUT2D eigenvalue weighted by atomic mass is 9.93. The Kier molecular flexibility index (Phi) is 5.74. The van der Waals surface area contributed by atoms with Gasteiger partial charge in [0.1, 0.15) is 5.75 Å². The standard InChI is InChI=1S/C19H28N2O3/c1-15-17(7-5-13-24-15)19(22)21-11-9-20(10-12-21)14-16-6-3-4-8-18(16)23-2/h3-4,6,8,15,17H,5,7,9-14H2,1-2H3. The van der Waals surface area contributed by atoms with Gasteiger partial charge in [-0.15, -0.1) is 0 Å². The second-order valence-electron chi connectivity index (χ2n) is 6.74. The molecule has 0 spiro atoms. The first-order chi connectivity index (χ1) is 11.7. The highest BCUT2D eigenvalue weighted by Crippen LogP contribution is 2.24. The molecule has 0 bridgehead atoms. The fraction of sp³-hybridized carbons (Fsp3) is 0.632.